The van der Waals surface area contributed by atoms with Gasteiger partial charge in [0.1, 0.15) is 5.75 Å². The summed E-state index contributed by atoms with van der Waals surface area (Å²) in [5.41, 5.74) is 6.73. The van der Waals surface area contributed by atoms with Crippen molar-refractivity contribution in [1.82, 2.24) is 4.90 Å². The van der Waals surface area contributed by atoms with Crippen LogP contribution in [0.5, 0.6) is 5.75 Å². The third kappa shape index (κ3) is 6.53. The van der Waals surface area contributed by atoms with Crippen LogP contribution in [0.4, 0.5) is 0 Å². The lowest BCUT2D eigenvalue weighted by Crippen LogP contribution is -2.33. The number of rotatable bonds is 9. The highest BCUT2D eigenvalue weighted by molar-refractivity contribution is 5.84. The fourth-order valence-corrected chi connectivity index (χ4v) is 1.80. The van der Waals surface area contributed by atoms with E-state index in [-0.39, 0.29) is 5.84 Å². The molecule has 0 aliphatic rings. The molecule has 7 nitrogen and oxygen atoms in total. The summed E-state index contributed by atoms with van der Waals surface area (Å²) < 4.78 is 5.66. The SMILES string of the molecule is CC(C(N)=NCCCOc1cccc(CN(C)C)c1)[N+](=O)[O-]. The van der Waals surface area contributed by atoms with Crippen molar-refractivity contribution in [3.63, 3.8) is 0 Å². The Morgan fingerprint density at radius 1 is 1.50 bits per heavy atom. The van der Waals surface area contributed by atoms with Crippen LogP contribution in [0.15, 0.2) is 29.3 Å². The summed E-state index contributed by atoms with van der Waals surface area (Å²) in [6, 6.07) is 6.99. The molecule has 1 aromatic rings. The molecule has 0 aromatic heterocycles. The average Bonchev–Trinajstić information content (AvgIpc) is 2.45. The molecule has 0 fully saturated rings. The fraction of sp³-hybridized carbons (Fsp3) is 0.533. The first-order chi connectivity index (χ1) is 10.4. The van der Waals surface area contributed by atoms with Crippen LogP contribution in [-0.2, 0) is 6.54 Å². The van der Waals surface area contributed by atoms with Gasteiger partial charge in [-0.2, -0.15) is 0 Å². The highest BCUT2D eigenvalue weighted by Crippen LogP contribution is 2.14. The number of hydrogen-bond acceptors (Lipinski definition) is 5. The van der Waals surface area contributed by atoms with E-state index in [9.17, 15) is 10.1 Å². The molecule has 0 saturated carbocycles. The van der Waals surface area contributed by atoms with E-state index in [1.54, 1.807) is 0 Å². The van der Waals surface area contributed by atoms with Gasteiger partial charge in [0.05, 0.1) is 6.61 Å². The normalized spacial score (nSPS) is 13.2. The van der Waals surface area contributed by atoms with Crippen LogP contribution in [0, 0.1) is 10.1 Å². The van der Waals surface area contributed by atoms with E-state index in [4.69, 9.17) is 10.5 Å². The minimum Gasteiger partial charge on any atom is -0.494 e. The van der Waals surface area contributed by atoms with Gasteiger partial charge in [0, 0.05) is 31.4 Å². The lowest BCUT2D eigenvalue weighted by molar-refractivity contribution is -0.498. The number of nitro groups is 1. The van der Waals surface area contributed by atoms with Crippen LogP contribution in [0.25, 0.3) is 0 Å². The predicted molar refractivity (Wildman–Crippen MR) is 86.9 cm³/mol. The van der Waals surface area contributed by atoms with Crippen LogP contribution >= 0.6 is 0 Å². The number of ether oxygens (including phenoxy) is 1. The maximum absolute atomic E-state index is 10.5. The molecule has 1 rings (SSSR count). The quantitative estimate of drug-likeness (QED) is 0.245. The van der Waals surface area contributed by atoms with E-state index in [1.807, 2.05) is 32.3 Å². The fourth-order valence-electron chi connectivity index (χ4n) is 1.80. The number of aliphatic imine (C=N–C) groups is 1. The first-order valence-electron chi connectivity index (χ1n) is 7.20. The maximum atomic E-state index is 10.5. The Bertz CT molecular complexity index is 517. The summed E-state index contributed by atoms with van der Waals surface area (Å²) in [6.45, 7) is 3.19. The van der Waals surface area contributed by atoms with Crippen molar-refractivity contribution in [3.05, 3.63) is 39.9 Å². The number of hydrogen-bond donors (Lipinski definition) is 1. The second-order valence-electron chi connectivity index (χ2n) is 5.36. The zero-order valence-corrected chi connectivity index (χ0v) is 13.4. The molecule has 1 aromatic carbocycles. The third-order valence-corrected chi connectivity index (χ3v) is 3.01. The summed E-state index contributed by atoms with van der Waals surface area (Å²) >= 11 is 0. The Hall–Kier alpha value is -2.15. The topological polar surface area (TPSA) is 94.0 Å². The van der Waals surface area contributed by atoms with Gasteiger partial charge in [-0.05, 0) is 31.8 Å². The van der Waals surface area contributed by atoms with E-state index in [2.05, 4.69) is 16.0 Å². The Morgan fingerprint density at radius 3 is 2.86 bits per heavy atom. The molecule has 0 radical (unpaired) electrons. The smallest absolute Gasteiger partial charge is 0.266 e. The van der Waals surface area contributed by atoms with Crippen molar-refractivity contribution >= 4 is 5.84 Å². The highest BCUT2D eigenvalue weighted by atomic mass is 16.6. The molecule has 0 amide bonds. The molecule has 22 heavy (non-hydrogen) atoms. The Balaban J connectivity index is 2.36. The van der Waals surface area contributed by atoms with Gasteiger partial charge < -0.3 is 15.4 Å². The van der Waals surface area contributed by atoms with Gasteiger partial charge >= 0.3 is 0 Å². The molecule has 2 N–H and O–H groups in total. The maximum Gasteiger partial charge on any atom is 0.266 e. The molecule has 122 valence electrons. The van der Waals surface area contributed by atoms with Crippen LogP contribution < -0.4 is 10.5 Å². The predicted octanol–water partition coefficient (Wildman–Crippen LogP) is 1.54. The molecule has 0 spiro atoms. The Labute approximate surface area is 130 Å². The van der Waals surface area contributed by atoms with Gasteiger partial charge in [0.15, 0.2) is 5.84 Å². The van der Waals surface area contributed by atoms with Crippen molar-refractivity contribution in [2.75, 3.05) is 27.2 Å². The molecule has 7 heteroatoms. The summed E-state index contributed by atoms with van der Waals surface area (Å²) in [7, 11) is 4.03. The molecular formula is C15H24N4O3. The highest BCUT2D eigenvalue weighted by Gasteiger charge is 2.16. The van der Waals surface area contributed by atoms with E-state index in [0.717, 1.165) is 12.3 Å². The zero-order valence-electron chi connectivity index (χ0n) is 13.4. The zero-order chi connectivity index (χ0) is 16.5. The van der Waals surface area contributed by atoms with Crippen molar-refractivity contribution in [3.8, 4) is 5.75 Å². The molecule has 0 heterocycles. The number of benzene rings is 1. The van der Waals surface area contributed by atoms with E-state index >= 15 is 0 Å². The first-order valence-corrected chi connectivity index (χ1v) is 7.20. The van der Waals surface area contributed by atoms with Gasteiger partial charge in [-0.1, -0.05) is 12.1 Å². The molecular weight excluding hydrogens is 284 g/mol. The van der Waals surface area contributed by atoms with Gasteiger partial charge in [-0.25, -0.2) is 0 Å². The summed E-state index contributed by atoms with van der Waals surface area (Å²) in [4.78, 5) is 16.2. The minimum absolute atomic E-state index is 0.0537. The molecule has 0 aliphatic carbocycles. The van der Waals surface area contributed by atoms with E-state index in [0.29, 0.717) is 19.6 Å². The van der Waals surface area contributed by atoms with E-state index < -0.39 is 11.0 Å². The van der Waals surface area contributed by atoms with Gasteiger partial charge in [-0.3, -0.25) is 15.1 Å². The van der Waals surface area contributed by atoms with Crippen LogP contribution in [0.3, 0.4) is 0 Å². The van der Waals surface area contributed by atoms with Crippen molar-refractivity contribution in [2.45, 2.75) is 25.9 Å². The number of nitrogens with two attached hydrogens (primary N) is 1. The molecule has 0 saturated heterocycles. The molecule has 0 aliphatic heterocycles. The van der Waals surface area contributed by atoms with Gasteiger partial charge in [0.25, 0.3) is 6.04 Å². The van der Waals surface area contributed by atoms with Crippen molar-refractivity contribution in [1.29, 1.82) is 0 Å². The van der Waals surface area contributed by atoms with Gasteiger partial charge in [0.2, 0.25) is 0 Å². The Kier molecular flexibility index (Phi) is 7.31. The Morgan fingerprint density at radius 2 is 2.23 bits per heavy atom. The van der Waals surface area contributed by atoms with Crippen LogP contribution in [0.1, 0.15) is 18.9 Å². The molecule has 1 unspecified atom stereocenters. The monoisotopic (exact) mass is 308 g/mol. The average molecular weight is 308 g/mol. The van der Waals surface area contributed by atoms with E-state index in [1.165, 1.54) is 12.5 Å². The second kappa shape index (κ2) is 8.99. The van der Waals surface area contributed by atoms with Crippen molar-refractivity contribution < 1.29 is 9.66 Å². The number of nitrogens with zero attached hydrogens (tertiary/aromatic N) is 3. The van der Waals surface area contributed by atoms with Crippen LogP contribution in [0.2, 0.25) is 0 Å². The van der Waals surface area contributed by atoms with Gasteiger partial charge in [-0.15, -0.1) is 0 Å². The lowest BCUT2D eigenvalue weighted by atomic mass is 10.2. The summed E-state index contributed by atoms with van der Waals surface area (Å²) in [5.74, 6) is 0.868. The van der Waals surface area contributed by atoms with Crippen LogP contribution in [-0.4, -0.2) is 48.9 Å². The molecule has 1 atom stereocenters. The first kappa shape index (κ1) is 17.9. The molecule has 0 bridgehead atoms. The largest absolute Gasteiger partial charge is 0.494 e. The number of amidine groups is 1. The summed E-state index contributed by atoms with van der Waals surface area (Å²) in [5, 5.41) is 10.5. The standard InChI is InChI=1S/C15H24N4O3/c1-12(19(20)21)15(16)17-8-5-9-22-14-7-4-6-13(10-14)11-18(2)3/h4,6-7,10,12H,5,8-9,11H2,1-3H3,(H2,16,17). The third-order valence-electron chi connectivity index (χ3n) is 3.01. The van der Waals surface area contributed by atoms with Crippen molar-refractivity contribution in [2.24, 2.45) is 10.7 Å². The lowest BCUT2D eigenvalue weighted by Gasteiger charge is -2.11. The second-order valence-corrected chi connectivity index (χ2v) is 5.36. The summed E-state index contributed by atoms with van der Waals surface area (Å²) in [6.07, 6.45) is 0.656. The minimum atomic E-state index is -0.941.